The third-order valence-corrected chi connectivity index (χ3v) is 2.65. The highest BCUT2D eigenvalue weighted by atomic mass is 16.2. The number of unbranched alkanes of at least 4 members (excludes halogenated alkanes) is 2. The summed E-state index contributed by atoms with van der Waals surface area (Å²) in [7, 11) is 0. The van der Waals surface area contributed by atoms with Gasteiger partial charge in [0, 0.05) is 19.2 Å². The van der Waals surface area contributed by atoms with E-state index in [9.17, 15) is 9.59 Å². The van der Waals surface area contributed by atoms with Crippen LogP contribution in [0, 0.1) is 11.3 Å². The summed E-state index contributed by atoms with van der Waals surface area (Å²) in [6, 6.07) is 5.28. The second-order valence-electron chi connectivity index (χ2n) is 3.78. The van der Waals surface area contributed by atoms with Crippen LogP contribution < -0.4 is 0 Å². The van der Waals surface area contributed by atoms with Crippen molar-refractivity contribution in [3.05, 3.63) is 29.6 Å². The molecule has 0 spiro atoms. The van der Waals surface area contributed by atoms with Crippen molar-refractivity contribution >= 4 is 11.8 Å². The van der Waals surface area contributed by atoms with Gasteiger partial charge in [-0.2, -0.15) is 5.26 Å². The lowest BCUT2D eigenvalue weighted by Gasteiger charge is -2.12. The molecule has 0 saturated carbocycles. The van der Waals surface area contributed by atoms with Crippen LogP contribution in [0.25, 0.3) is 0 Å². The molecule has 0 aliphatic carbocycles. The Balaban J connectivity index is 2.06. The monoisotopic (exact) mass is 229 g/mol. The van der Waals surface area contributed by atoms with Crippen molar-refractivity contribution in [3.8, 4) is 6.07 Å². The first-order valence-electron chi connectivity index (χ1n) is 5.44. The van der Waals surface area contributed by atoms with Crippen LogP contribution in [0.5, 0.6) is 0 Å². The first-order chi connectivity index (χ1) is 8.25. The van der Waals surface area contributed by atoms with Crippen molar-refractivity contribution in [2.24, 2.45) is 0 Å². The van der Waals surface area contributed by atoms with E-state index in [-0.39, 0.29) is 17.5 Å². The summed E-state index contributed by atoms with van der Waals surface area (Å²) in [5.41, 5.74) is 0.607. The van der Waals surface area contributed by atoms with E-state index in [1.165, 1.54) is 11.1 Å². The first-order valence-corrected chi connectivity index (χ1v) is 5.44. The van der Waals surface area contributed by atoms with Crippen LogP contribution in [-0.2, 0) is 0 Å². The molecule has 5 nitrogen and oxygen atoms in total. The molecule has 86 valence electrons. The van der Waals surface area contributed by atoms with Crippen molar-refractivity contribution in [2.75, 3.05) is 6.54 Å². The van der Waals surface area contributed by atoms with Gasteiger partial charge >= 0.3 is 0 Å². The lowest BCUT2D eigenvalue weighted by molar-refractivity contribution is 0.0650. The number of nitriles is 1. The molecule has 1 aliphatic rings. The number of pyridine rings is 1. The van der Waals surface area contributed by atoms with Crippen LogP contribution >= 0.6 is 0 Å². The van der Waals surface area contributed by atoms with Gasteiger partial charge in [-0.15, -0.1) is 0 Å². The largest absolute Gasteiger partial charge is 0.280 e. The Morgan fingerprint density at radius 1 is 1.29 bits per heavy atom. The normalized spacial score (nSPS) is 13.7. The van der Waals surface area contributed by atoms with Crippen LogP contribution in [0.4, 0.5) is 0 Å². The van der Waals surface area contributed by atoms with Crippen molar-refractivity contribution in [2.45, 2.75) is 19.3 Å². The highest BCUT2D eigenvalue weighted by Gasteiger charge is 2.35. The van der Waals surface area contributed by atoms with Gasteiger partial charge in [0.2, 0.25) is 0 Å². The van der Waals surface area contributed by atoms with Crippen molar-refractivity contribution < 1.29 is 9.59 Å². The molecule has 2 heterocycles. The van der Waals surface area contributed by atoms with E-state index in [0.29, 0.717) is 31.4 Å². The molecule has 0 fully saturated rings. The first kappa shape index (κ1) is 11.3. The minimum atomic E-state index is -0.331. The van der Waals surface area contributed by atoms with Crippen LogP contribution in [-0.4, -0.2) is 28.2 Å². The molecule has 2 rings (SSSR count). The Morgan fingerprint density at radius 2 is 2.12 bits per heavy atom. The van der Waals surface area contributed by atoms with E-state index in [2.05, 4.69) is 4.98 Å². The van der Waals surface area contributed by atoms with Crippen LogP contribution in [0.3, 0.4) is 0 Å². The smallest absolute Gasteiger partial charge is 0.273 e. The summed E-state index contributed by atoms with van der Waals surface area (Å²) in [5.74, 6) is -0.613. The second-order valence-corrected chi connectivity index (χ2v) is 3.78. The molecular formula is C12H11N3O2. The van der Waals surface area contributed by atoms with Crippen molar-refractivity contribution in [1.82, 2.24) is 9.88 Å². The maximum absolute atomic E-state index is 11.9. The SMILES string of the molecule is N#CCCCCN1C(=O)c2cccnc2C1=O. The molecule has 0 radical (unpaired) electrons. The van der Waals surface area contributed by atoms with Gasteiger partial charge in [-0.3, -0.25) is 19.5 Å². The zero-order chi connectivity index (χ0) is 12.3. The molecule has 1 aromatic rings. The summed E-state index contributed by atoms with van der Waals surface area (Å²) >= 11 is 0. The van der Waals surface area contributed by atoms with Crippen LogP contribution in [0.2, 0.25) is 0 Å². The van der Waals surface area contributed by atoms with Gasteiger partial charge in [0.15, 0.2) is 0 Å². The third kappa shape index (κ3) is 2.02. The number of hydrogen-bond acceptors (Lipinski definition) is 4. The summed E-state index contributed by atoms with van der Waals surface area (Å²) in [6.07, 6.45) is 3.29. The number of aromatic nitrogens is 1. The molecule has 0 N–H and O–H groups in total. The quantitative estimate of drug-likeness (QED) is 0.577. The molecule has 0 bridgehead atoms. The molecule has 5 heteroatoms. The van der Waals surface area contributed by atoms with Crippen LogP contribution in [0.15, 0.2) is 18.3 Å². The van der Waals surface area contributed by atoms with E-state index in [1.54, 1.807) is 12.1 Å². The van der Waals surface area contributed by atoms with Crippen molar-refractivity contribution in [1.29, 1.82) is 5.26 Å². The number of carbonyl (C=O) groups excluding carboxylic acids is 2. The van der Waals surface area contributed by atoms with Crippen molar-refractivity contribution in [3.63, 3.8) is 0 Å². The molecular weight excluding hydrogens is 218 g/mol. The zero-order valence-corrected chi connectivity index (χ0v) is 9.22. The number of carbonyl (C=O) groups is 2. The Hall–Kier alpha value is -2.22. The van der Waals surface area contributed by atoms with E-state index in [0.717, 1.165) is 0 Å². The fourth-order valence-corrected chi connectivity index (χ4v) is 1.79. The van der Waals surface area contributed by atoms with Gasteiger partial charge in [-0.25, -0.2) is 0 Å². The molecule has 0 aromatic carbocycles. The average Bonchev–Trinajstić information content (AvgIpc) is 2.60. The van der Waals surface area contributed by atoms with E-state index < -0.39 is 0 Å². The van der Waals surface area contributed by atoms with E-state index in [4.69, 9.17) is 5.26 Å². The van der Waals surface area contributed by atoms with E-state index in [1.807, 2.05) is 6.07 Å². The number of hydrogen-bond donors (Lipinski definition) is 0. The lowest BCUT2D eigenvalue weighted by Crippen LogP contribution is -2.30. The molecule has 0 saturated heterocycles. The minimum Gasteiger partial charge on any atom is -0.273 e. The molecule has 0 atom stereocenters. The fraction of sp³-hybridized carbons (Fsp3) is 0.333. The Morgan fingerprint density at radius 3 is 2.82 bits per heavy atom. The van der Waals surface area contributed by atoms with Gasteiger partial charge in [0.25, 0.3) is 11.8 Å². The minimum absolute atomic E-state index is 0.234. The highest BCUT2D eigenvalue weighted by Crippen LogP contribution is 2.20. The predicted molar refractivity (Wildman–Crippen MR) is 59.1 cm³/mol. The van der Waals surface area contributed by atoms with Crippen LogP contribution in [0.1, 0.15) is 40.1 Å². The maximum atomic E-state index is 11.9. The average molecular weight is 229 g/mol. The molecule has 1 aromatic heterocycles. The number of imide groups is 1. The molecule has 0 unspecified atom stereocenters. The molecule has 1 aliphatic heterocycles. The van der Waals surface area contributed by atoms with Gasteiger partial charge in [-0.05, 0) is 25.0 Å². The number of nitrogens with zero attached hydrogens (tertiary/aromatic N) is 3. The Kier molecular flexibility index (Phi) is 3.15. The number of fused-ring (bicyclic) bond motifs is 1. The number of rotatable bonds is 4. The summed E-state index contributed by atoms with van der Waals surface area (Å²) < 4.78 is 0. The van der Waals surface area contributed by atoms with Gasteiger partial charge in [-0.1, -0.05) is 0 Å². The standard InChI is InChI=1S/C12H11N3O2/c13-6-2-1-3-8-15-11(16)9-5-4-7-14-10(9)12(15)17/h4-5,7H,1-3,8H2. The highest BCUT2D eigenvalue weighted by molar-refractivity contribution is 6.20. The summed E-state index contributed by atoms with van der Waals surface area (Å²) in [6.45, 7) is 0.357. The number of amides is 2. The second kappa shape index (κ2) is 4.74. The lowest BCUT2D eigenvalue weighted by atomic mass is 10.2. The maximum Gasteiger partial charge on any atom is 0.280 e. The summed E-state index contributed by atoms with van der Waals surface area (Å²) in [4.78, 5) is 28.8. The molecule has 17 heavy (non-hydrogen) atoms. The fourth-order valence-electron chi connectivity index (χ4n) is 1.79. The van der Waals surface area contributed by atoms with Gasteiger partial charge in [0.1, 0.15) is 5.69 Å². The Labute approximate surface area is 98.7 Å². The van der Waals surface area contributed by atoms with E-state index >= 15 is 0 Å². The Bertz CT molecular complexity index is 470. The summed E-state index contributed by atoms with van der Waals surface area (Å²) in [5, 5.41) is 8.40. The topological polar surface area (TPSA) is 74.1 Å². The predicted octanol–water partition coefficient (Wildman–Crippen LogP) is 1.37. The zero-order valence-electron chi connectivity index (χ0n) is 9.22. The van der Waals surface area contributed by atoms with Gasteiger partial charge < -0.3 is 0 Å². The van der Waals surface area contributed by atoms with Gasteiger partial charge in [0.05, 0.1) is 11.6 Å². The molecule has 2 amide bonds. The third-order valence-electron chi connectivity index (χ3n) is 2.65.